The molecule has 7 heteroatoms. The largest absolute Gasteiger partial charge is 0.497 e. The molecule has 1 unspecified atom stereocenters. The Kier molecular flexibility index (Phi) is 4.56. The molecule has 1 atom stereocenters. The molecule has 0 fully saturated rings. The Morgan fingerprint density at radius 2 is 2.35 bits per heavy atom. The number of carbonyl (C=O) groups excluding carboxylic acids is 1. The molecular formula is C16H17N3O4. The van der Waals surface area contributed by atoms with Crippen LogP contribution in [0, 0.1) is 0 Å². The lowest BCUT2D eigenvalue weighted by Crippen LogP contribution is -2.34. The van der Waals surface area contributed by atoms with Crippen LogP contribution in [0.3, 0.4) is 0 Å². The van der Waals surface area contributed by atoms with Gasteiger partial charge in [-0.05, 0) is 17.7 Å². The molecule has 0 radical (unpaired) electrons. The van der Waals surface area contributed by atoms with Gasteiger partial charge in [-0.25, -0.2) is 0 Å². The van der Waals surface area contributed by atoms with Crippen LogP contribution in [0.15, 0.2) is 46.3 Å². The molecule has 1 aliphatic heterocycles. The third-order valence-corrected chi connectivity index (χ3v) is 3.50. The first kappa shape index (κ1) is 15.1. The fraction of sp³-hybridized carbons (Fsp3) is 0.312. The predicted octanol–water partition coefficient (Wildman–Crippen LogP) is 1.69. The number of aromatic nitrogens is 1. The van der Waals surface area contributed by atoms with Gasteiger partial charge in [0.2, 0.25) is 6.10 Å². The Hall–Kier alpha value is -2.83. The molecule has 23 heavy (non-hydrogen) atoms. The van der Waals surface area contributed by atoms with Gasteiger partial charge >= 0.3 is 0 Å². The molecule has 3 rings (SSSR count). The van der Waals surface area contributed by atoms with E-state index in [9.17, 15) is 4.79 Å². The van der Waals surface area contributed by atoms with E-state index in [1.807, 2.05) is 24.3 Å². The first-order valence-corrected chi connectivity index (χ1v) is 7.26. The molecule has 0 aliphatic carbocycles. The SMILES string of the molecule is COc1cccc(CC2=NOC(C(=O)NCc3ccon3)C2)c1. The van der Waals surface area contributed by atoms with Crippen molar-refractivity contribution in [1.82, 2.24) is 10.5 Å². The van der Waals surface area contributed by atoms with Gasteiger partial charge in [0.1, 0.15) is 17.7 Å². The molecule has 120 valence electrons. The fourth-order valence-electron chi connectivity index (χ4n) is 2.31. The second kappa shape index (κ2) is 6.95. The number of oxime groups is 1. The van der Waals surface area contributed by atoms with E-state index < -0.39 is 6.10 Å². The van der Waals surface area contributed by atoms with Crippen molar-refractivity contribution in [3.8, 4) is 5.75 Å². The second-order valence-electron chi connectivity index (χ2n) is 5.19. The molecule has 1 aromatic heterocycles. The first-order chi connectivity index (χ1) is 11.2. The number of rotatable bonds is 6. The predicted molar refractivity (Wildman–Crippen MR) is 82.0 cm³/mol. The minimum Gasteiger partial charge on any atom is -0.497 e. The molecule has 0 spiro atoms. The summed E-state index contributed by atoms with van der Waals surface area (Å²) in [6, 6.07) is 9.44. The molecule has 2 aromatic rings. The van der Waals surface area contributed by atoms with Crippen molar-refractivity contribution in [2.75, 3.05) is 7.11 Å². The quantitative estimate of drug-likeness (QED) is 0.876. The summed E-state index contributed by atoms with van der Waals surface area (Å²) in [6.07, 6.45) is 1.97. The van der Waals surface area contributed by atoms with E-state index in [0.29, 0.717) is 25.1 Å². The minimum atomic E-state index is -0.595. The van der Waals surface area contributed by atoms with Crippen LogP contribution in [0.1, 0.15) is 17.7 Å². The molecule has 7 nitrogen and oxygen atoms in total. The van der Waals surface area contributed by atoms with Crippen LogP contribution in [0.4, 0.5) is 0 Å². The zero-order valence-corrected chi connectivity index (χ0v) is 12.7. The van der Waals surface area contributed by atoms with Crippen molar-refractivity contribution in [3.63, 3.8) is 0 Å². The van der Waals surface area contributed by atoms with Crippen LogP contribution < -0.4 is 10.1 Å². The van der Waals surface area contributed by atoms with Crippen molar-refractivity contribution in [1.29, 1.82) is 0 Å². The Morgan fingerprint density at radius 3 is 3.13 bits per heavy atom. The van der Waals surface area contributed by atoms with E-state index in [4.69, 9.17) is 14.1 Å². The van der Waals surface area contributed by atoms with Crippen molar-refractivity contribution >= 4 is 11.6 Å². The summed E-state index contributed by atoms with van der Waals surface area (Å²) in [5.41, 5.74) is 2.56. The zero-order chi connectivity index (χ0) is 16.1. The number of nitrogens with zero attached hydrogens (tertiary/aromatic N) is 2. The van der Waals surface area contributed by atoms with E-state index >= 15 is 0 Å². The normalized spacial score (nSPS) is 16.6. The lowest BCUT2D eigenvalue weighted by Gasteiger charge is -2.08. The summed E-state index contributed by atoms with van der Waals surface area (Å²) in [7, 11) is 1.63. The highest BCUT2D eigenvalue weighted by Crippen LogP contribution is 2.18. The van der Waals surface area contributed by atoms with E-state index in [-0.39, 0.29) is 5.91 Å². The van der Waals surface area contributed by atoms with Gasteiger partial charge in [0.15, 0.2) is 0 Å². The van der Waals surface area contributed by atoms with E-state index in [2.05, 4.69) is 15.6 Å². The summed E-state index contributed by atoms with van der Waals surface area (Å²) in [4.78, 5) is 17.3. The van der Waals surface area contributed by atoms with E-state index in [0.717, 1.165) is 17.0 Å². The number of amides is 1. The molecule has 1 aliphatic rings. The Balaban J connectivity index is 1.50. The Morgan fingerprint density at radius 1 is 1.43 bits per heavy atom. The summed E-state index contributed by atoms with van der Waals surface area (Å²) >= 11 is 0. The number of benzene rings is 1. The molecule has 1 aromatic carbocycles. The molecule has 0 saturated heterocycles. The third kappa shape index (κ3) is 3.88. The van der Waals surface area contributed by atoms with Gasteiger partial charge in [-0.2, -0.15) is 0 Å². The van der Waals surface area contributed by atoms with Crippen LogP contribution in [0.2, 0.25) is 0 Å². The maximum Gasteiger partial charge on any atom is 0.264 e. The number of ether oxygens (including phenoxy) is 1. The van der Waals surface area contributed by atoms with Crippen LogP contribution in [-0.4, -0.2) is 30.0 Å². The van der Waals surface area contributed by atoms with E-state index in [1.54, 1.807) is 13.2 Å². The average molecular weight is 315 g/mol. The lowest BCUT2D eigenvalue weighted by molar-refractivity contribution is -0.131. The monoisotopic (exact) mass is 315 g/mol. The summed E-state index contributed by atoms with van der Waals surface area (Å²) in [5.74, 6) is 0.585. The van der Waals surface area contributed by atoms with Gasteiger partial charge in [-0.1, -0.05) is 22.4 Å². The van der Waals surface area contributed by atoms with Gasteiger partial charge in [0, 0.05) is 18.9 Å². The molecule has 1 N–H and O–H groups in total. The van der Waals surface area contributed by atoms with Crippen LogP contribution in [-0.2, 0) is 22.6 Å². The number of hydrogen-bond acceptors (Lipinski definition) is 6. The number of hydrogen-bond donors (Lipinski definition) is 1. The molecular weight excluding hydrogens is 298 g/mol. The maximum absolute atomic E-state index is 12.1. The number of methoxy groups -OCH3 is 1. The number of nitrogens with one attached hydrogen (secondary N) is 1. The summed E-state index contributed by atoms with van der Waals surface area (Å²) < 4.78 is 9.91. The smallest absolute Gasteiger partial charge is 0.264 e. The zero-order valence-electron chi connectivity index (χ0n) is 12.7. The summed E-state index contributed by atoms with van der Waals surface area (Å²) in [5, 5.41) is 10.5. The van der Waals surface area contributed by atoms with Crippen LogP contribution >= 0.6 is 0 Å². The van der Waals surface area contributed by atoms with Crippen LogP contribution in [0.5, 0.6) is 5.75 Å². The highest BCUT2D eigenvalue weighted by atomic mass is 16.6. The lowest BCUT2D eigenvalue weighted by atomic mass is 10.0. The molecule has 2 heterocycles. The Labute approximate surface area is 133 Å². The van der Waals surface area contributed by atoms with Crippen molar-refractivity contribution < 1.29 is 18.9 Å². The maximum atomic E-state index is 12.1. The van der Waals surface area contributed by atoms with Crippen molar-refractivity contribution in [3.05, 3.63) is 47.9 Å². The summed E-state index contributed by atoms with van der Waals surface area (Å²) in [6.45, 7) is 0.306. The van der Waals surface area contributed by atoms with Gasteiger partial charge in [0.05, 0.1) is 19.4 Å². The molecule has 0 bridgehead atoms. The van der Waals surface area contributed by atoms with Gasteiger partial charge < -0.3 is 19.4 Å². The second-order valence-corrected chi connectivity index (χ2v) is 5.19. The third-order valence-electron chi connectivity index (χ3n) is 3.50. The molecule has 0 saturated carbocycles. The van der Waals surface area contributed by atoms with Crippen molar-refractivity contribution in [2.45, 2.75) is 25.5 Å². The van der Waals surface area contributed by atoms with Gasteiger partial charge in [-0.15, -0.1) is 0 Å². The highest BCUT2D eigenvalue weighted by Gasteiger charge is 2.28. The van der Waals surface area contributed by atoms with Gasteiger partial charge in [-0.3, -0.25) is 4.79 Å². The average Bonchev–Trinajstić information content (AvgIpc) is 3.24. The Bertz CT molecular complexity index is 697. The van der Waals surface area contributed by atoms with Crippen LogP contribution in [0.25, 0.3) is 0 Å². The molecule has 1 amide bonds. The van der Waals surface area contributed by atoms with Crippen molar-refractivity contribution in [2.24, 2.45) is 5.16 Å². The number of carbonyl (C=O) groups is 1. The van der Waals surface area contributed by atoms with Gasteiger partial charge in [0.25, 0.3) is 5.91 Å². The minimum absolute atomic E-state index is 0.211. The fourth-order valence-corrected chi connectivity index (χ4v) is 2.31. The first-order valence-electron chi connectivity index (χ1n) is 7.26. The highest BCUT2D eigenvalue weighted by molar-refractivity contribution is 5.93. The topological polar surface area (TPSA) is 86.0 Å². The standard InChI is InChI=1S/C16H17N3O4/c1-21-14-4-2-3-11(8-14)7-13-9-15(23-19-13)16(20)17-10-12-5-6-22-18-12/h2-6,8,15H,7,9-10H2,1H3,(H,17,20). The van der Waals surface area contributed by atoms with E-state index in [1.165, 1.54) is 6.26 Å².